The van der Waals surface area contributed by atoms with E-state index in [1.54, 1.807) is 7.05 Å². The van der Waals surface area contributed by atoms with Crippen molar-refractivity contribution in [2.75, 3.05) is 25.1 Å². The fourth-order valence-electron chi connectivity index (χ4n) is 2.57. The fraction of sp³-hybridized carbons (Fsp3) is 0.533. The molecule has 0 radical (unpaired) electrons. The fourth-order valence-corrected chi connectivity index (χ4v) is 4.63. The Morgan fingerprint density at radius 1 is 1.42 bits per heavy atom. The molecule has 11 heteroatoms. The first-order chi connectivity index (χ1) is 11.8. The van der Waals surface area contributed by atoms with Crippen LogP contribution in [0.4, 0.5) is 8.78 Å². The van der Waals surface area contributed by atoms with Crippen molar-refractivity contribution < 1.29 is 21.9 Å². The summed E-state index contributed by atoms with van der Waals surface area (Å²) in [6.45, 7) is -2.29. The van der Waals surface area contributed by atoms with Crippen LogP contribution in [0.2, 0.25) is 5.02 Å². The maximum atomic E-state index is 12.5. The van der Waals surface area contributed by atoms with E-state index in [1.165, 1.54) is 18.2 Å². The number of nitrogens with zero attached hydrogens (tertiary/aromatic N) is 1. The summed E-state index contributed by atoms with van der Waals surface area (Å²) in [6.07, 6.45) is 0.618. The predicted molar refractivity (Wildman–Crippen MR) is 108 cm³/mol. The second kappa shape index (κ2) is 10.5. The van der Waals surface area contributed by atoms with Gasteiger partial charge in [-0.3, -0.25) is 4.99 Å². The largest absolute Gasteiger partial charge is 0.434 e. The number of aliphatic imine (C=N–C) groups is 1. The molecule has 0 bridgehead atoms. The van der Waals surface area contributed by atoms with E-state index in [0.29, 0.717) is 29.5 Å². The molecule has 1 aliphatic rings. The molecule has 26 heavy (non-hydrogen) atoms. The highest BCUT2D eigenvalue weighted by molar-refractivity contribution is 14.0. The number of halogens is 4. The van der Waals surface area contributed by atoms with E-state index in [2.05, 4.69) is 20.4 Å². The quantitative estimate of drug-likeness (QED) is 0.341. The smallest absolute Gasteiger partial charge is 0.387 e. The van der Waals surface area contributed by atoms with Crippen molar-refractivity contribution in [3.05, 3.63) is 28.8 Å². The van der Waals surface area contributed by atoms with Crippen LogP contribution in [0.25, 0.3) is 0 Å². The molecule has 1 aromatic carbocycles. The lowest BCUT2D eigenvalue weighted by Crippen LogP contribution is -2.39. The van der Waals surface area contributed by atoms with E-state index in [-0.39, 0.29) is 53.7 Å². The number of benzene rings is 1. The van der Waals surface area contributed by atoms with E-state index in [0.717, 1.165) is 0 Å². The van der Waals surface area contributed by atoms with Gasteiger partial charge in [-0.25, -0.2) is 8.42 Å². The summed E-state index contributed by atoms with van der Waals surface area (Å²) in [7, 11) is -1.37. The number of hydrogen-bond acceptors (Lipinski definition) is 4. The molecule has 0 amide bonds. The Morgan fingerprint density at radius 3 is 2.73 bits per heavy atom. The molecule has 1 saturated heterocycles. The highest BCUT2D eigenvalue weighted by Crippen LogP contribution is 2.24. The Hall–Kier alpha value is -0.880. The molecule has 2 rings (SSSR count). The van der Waals surface area contributed by atoms with E-state index in [4.69, 9.17) is 11.6 Å². The van der Waals surface area contributed by atoms with Gasteiger partial charge in [-0.1, -0.05) is 11.6 Å². The van der Waals surface area contributed by atoms with Crippen molar-refractivity contribution in [2.24, 2.45) is 10.9 Å². The van der Waals surface area contributed by atoms with Gasteiger partial charge in [0.25, 0.3) is 0 Å². The Balaban J connectivity index is 0.00000338. The third-order valence-corrected chi connectivity index (χ3v) is 5.87. The lowest BCUT2D eigenvalue weighted by molar-refractivity contribution is -0.0504. The molecule has 1 atom stereocenters. The molecule has 1 aromatic rings. The highest BCUT2D eigenvalue weighted by atomic mass is 127. The van der Waals surface area contributed by atoms with Crippen LogP contribution in [-0.2, 0) is 16.4 Å². The maximum absolute atomic E-state index is 12.5. The standard InChI is InChI=1S/C15H20ClF2N3O3S.HI/c1-19-15(20-7-10-4-5-25(22,23)9-10)21-8-11-6-12(16)2-3-13(11)24-14(17)18;/h2-3,6,10,14H,4-5,7-9H2,1H3,(H2,19,20,21);1H. The van der Waals surface area contributed by atoms with Gasteiger partial charge in [0, 0.05) is 30.7 Å². The summed E-state index contributed by atoms with van der Waals surface area (Å²) in [6, 6.07) is 4.38. The van der Waals surface area contributed by atoms with Gasteiger partial charge in [0.2, 0.25) is 0 Å². The number of rotatable bonds is 6. The van der Waals surface area contributed by atoms with Crippen LogP contribution < -0.4 is 15.4 Å². The average Bonchev–Trinajstić information content (AvgIpc) is 2.88. The molecule has 0 spiro atoms. The zero-order valence-corrected chi connectivity index (χ0v) is 17.9. The van der Waals surface area contributed by atoms with Gasteiger partial charge >= 0.3 is 6.61 Å². The van der Waals surface area contributed by atoms with Crippen LogP contribution in [-0.4, -0.2) is 46.1 Å². The van der Waals surface area contributed by atoms with E-state index >= 15 is 0 Å². The molecule has 0 aromatic heterocycles. The molecule has 2 N–H and O–H groups in total. The molecule has 0 saturated carbocycles. The summed E-state index contributed by atoms with van der Waals surface area (Å²) in [5.41, 5.74) is 0.458. The topological polar surface area (TPSA) is 79.8 Å². The molecule has 1 fully saturated rings. The number of guanidine groups is 1. The molecular weight excluding hydrogens is 503 g/mol. The third kappa shape index (κ3) is 7.39. The summed E-state index contributed by atoms with van der Waals surface area (Å²) in [5.74, 6) is 0.879. The Labute approximate surface area is 173 Å². The van der Waals surface area contributed by atoms with Gasteiger partial charge in [-0.15, -0.1) is 24.0 Å². The van der Waals surface area contributed by atoms with Crippen molar-refractivity contribution in [3.8, 4) is 5.75 Å². The lowest BCUT2D eigenvalue weighted by Gasteiger charge is -2.16. The summed E-state index contributed by atoms with van der Waals surface area (Å²) in [4.78, 5) is 4.04. The van der Waals surface area contributed by atoms with Crippen molar-refractivity contribution >= 4 is 51.4 Å². The van der Waals surface area contributed by atoms with Crippen molar-refractivity contribution in [1.82, 2.24) is 10.6 Å². The summed E-state index contributed by atoms with van der Waals surface area (Å²) in [5, 5.41) is 6.42. The van der Waals surface area contributed by atoms with Crippen LogP contribution in [0.1, 0.15) is 12.0 Å². The molecule has 1 unspecified atom stereocenters. The van der Waals surface area contributed by atoms with Gasteiger partial charge in [-0.05, 0) is 30.5 Å². The molecule has 6 nitrogen and oxygen atoms in total. The summed E-state index contributed by atoms with van der Waals surface area (Å²) < 4.78 is 52.3. The van der Waals surface area contributed by atoms with Crippen LogP contribution >= 0.6 is 35.6 Å². The Kier molecular flexibility index (Phi) is 9.31. The first kappa shape index (κ1) is 23.2. The van der Waals surface area contributed by atoms with Crippen molar-refractivity contribution in [2.45, 2.75) is 19.6 Å². The number of ether oxygens (including phenoxy) is 1. The van der Waals surface area contributed by atoms with Crippen molar-refractivity contribution in [1.29, 1.82) is 0 Å². The molecule has 0 aliphatic carbocycles. The van der Waals surface area contributed by atoms with Crippen molar-refractivity contribution in [3.63, 3.8) is 0 Å². The van der Waals surface area contributed by atoms with Gasteiger partial charge in [0.05, 0.1) is 11.5 Å². The minimum atomic E-state index is -2.93. The molecular formula is C15H21ClF2IN3O3S. The minimum absolute atomic E-state index is 0. The molecule has 1 heterocycles. The van der Waals surface area contributed by atoms with Crippen LogP contribution in [0, 0.1) is 5.92 Å². The van der Waals surface area contributed by atoms with Gasteiger partial charge in [0.1, 0.15) is 5.75 Å². The first-order valence-corrected chi connectivity index (χ1v) is 9.87. The predicted octanol–water partition coefficient (Wildman–Crippen LogP) is 2.66. The van der Waals surface area contributed by atoms with E-state index in [9.17, 15) is 17.2 Å². The van der Waals surface area contributed by atoms with Gasteiger partial charge in [-0.2, -0.15) is 8.78 Å². The van der Waals surface area contributed by atoms with Crippen LogP contribution in [0.15, 0.2) is 23.2 Å². The number of hydrogen-bond donors (Lipinski definition) is 2. The number of nitrogens with one attached hydrogen (secondary N) is 2. The zero-order valence-electron chi connectivity index (χ0n) is 14.0. The minimum Gasteiger partial charge on any atom is -0.434 e. The highest BCUT2D eigenvalue weighted by Gasteiger charge is 2.27. The number of sulfone groups is 1. The third-order valence-electron chi connectivity index (χ3n) is 3.79. The van der Waals surface area contributed by atoms with Gasteiger partial charge < -0.3 is 15.4 Å². The summed E-state index contributed by atoms with van der Waals surface area (Å²) >= 11 is 5.90. The normalized spacial score (nSPS) is 19.1. The van der Waals surface area contributed by atoms with E-state index in [1.807, 2.05) is 0 Å². The van der Waals surface area contributed by atoms with Crippen LogP contribution in [0.3, 0.4) is 0 Å². The average molecular weight is 524 g/mol. The maximum Gasteiger partial charge on any atom is 0.387 e. The monoisotopic (exact) mass is 523 g/mol. The second-order valence-electron chi connectivity index (χ2n) is 5.71. The molecule has 1 aliphatic heterocycles. The lowest BCUT2D eigenvalue weighted by atomic mass is 10.1. The zero-order chi connectivity index (χ0) is 18.4. The SMILES string of the molecule is CN=C(NCc1cc(Cl)ccc1OC(F)F)NCC1CCS(=O)(=O)C1.I. The Morgan fingerprint density at radius 2 is 2.15 bits per heavy atom. The van der Waals surface area contributed by atoms with Crippen LogP contribution in [0.5, 0.6) is 5.75 Å². The first-order valence-electron chi connectivity index (χ1n) is 7.67. The molecule has 148 valence electrons. The van der Waals surface area contributed by atoms with Gasteiger partial charge in [0.15, 0.2) is 15.8 Å². The van der Waals surface area contributed by atoms with E-state index < -0.39 is 16.4 Å². The number of alkyl halides is 2. The second-order valence-corrected chi connectivity index (χ2v) is 8.37. The Bertz CT molecular complexity index is 735.